The van der Waals surface area contributed by atoms with E-state index in [1.165, 1.54) is 0 Å². The first kappa shape index (κ1) is 14.2. The zero-order valence-electron chi connectivity index (χ0n) is 10.3. The molecule has 0 saturated heterocycles. The Bertz CT molecular complexity index is 228. The van der Waals surface area contributed by atoms with Gasteiger partial charge in [-0.05, 0) is 18.6 Å². The first-order valence-corrected chi connectivity index (χ1v) is 5.10. The molecular formula is C12H23NO2. The lowest BCUT2D eigenvalue weighted by atomic mass is 9.85. The Hall–Kier alpha value is -0.800. The van der Waals surface area contributed by atoms with Gasteiger partial charge in [-0.3, -0.25) is 0 Å². The van der Waals surface area contributed by atoms with Crippen LogP contribution >= 0.6 is 0 Å². The van der Waals surface area contributed by atoms with Crippen molar-refractivity contribution in [1.29, 1.82) is 0 Å². The normalized spacial score (nSPS) is 12.9. The summed E-state index contributed by atoms with van der Waals surface area (Å²) in [5.41, 5.74) is 7.27. The molecule has 0 aliphatic carbocycles. The number of methoxy groups -OCH3 is 1. The fourth-order valence-electron chi connectivity index (χ4n) is 1.03. The maximum Gasteiger partial charge on any atom is 0.0700 e. The van der Waals surface area contributed by atoms with Gasteiger partial charge in [0.1, 0.15) is 0 Å². The van der Waals surface area contributed by atoms with Crippen LogP contribution in [0.25, 0.3) is 0 Å². The monoisotopic (exact) mass is 213 g/mol. The van der Waals surface area contributed by atoms with Gasteiger partial charge in [0.15, 0.2) is 0 Å². The lowest BCUT2D eigenvalue weighted by Gasteiger charge is -2.25. The number of allylic oxidation sites excluding steroid dienone is 2. The minimum atomic E-state index is -0.0889. The first-order chi connectivity index (χ1) is 6.90. The highest BCUT2D eigenvalue weighted by Gasteiger charge is 2.20. The van der Waals surface area contributed by atoms with E-state index in [4.69, 9.17) is 15.2 Å². The third-order valence-corrected chi connectivity index (χ3v) is 2.17. The molecule has 0 saturated carbocycles. The van der Waals surface area contributed by atoms with Crippen LogP contribution in [-0.2, 0) is 9.47 Å². The smallest absolute Gasteiger partial charge is 0.0700 e. The molecule has 0 aliphatic heterocycles. The highest BCUT2D eigenvalue weighted by molar-refractivity contribution is 5.24. The van der Waals surface area contributed by atoms with E-state index < -0.39 is 0 Å². The molecule has 15 heavy (non-hydrogen) atoms. The van der Waals surface area contributed by atoms with Crippen LogP contribution in [0.4, 0.5) is 0 Å². The summed E-state index contributed by atoms with van der Waals surface area (Å²) in [6.45, 7) is 11.9. The molecule has 0 aliphatic rings. The van der Waals surface area contributed by atoms with Gasteiger partial charge < -0.3 is 15.2 Å². The molecule has 3 nitrogen and oxygen atoms in total. The van der Waals surface area contributed by atoms with E-state index in [9.17, 15) is 0 Å². The van der Waals surface area contributed by atoms with Gasteiger partial charge in [-0.1, -0.05) is 20.4 Å². The lowest BCUT2D eigenvalue weighted by molar-refractivity contribution is 0.0394. The van der Waals surface area contributed by atoms with Crippen molar-refractivity contribution in [2.45, 2.75) is 20.8 Å². The molecule has 0 fully saturated rings. The summed E-state index contributed by atoms with van der Waals surface area (Å²) in [6.07, 6.45) is 1.89. The number of ether oxygens (including phenoxy) is 2. The second-order valence-electron chi connectivity index (χ2n) is 4.34. The Morgan fingerprint density at radius 3 is 2.47 bits per heavy atom. The third kappa shape index (κ3) is 6.31. The van der Waals surface area contributed by atoms with E-state index in [2.05, 4.69) is 20.4 Å². The summed E-state index contributed by atoms with van der Waals surface area (Å²) in [6, 6.07) is 0. The van der Waals surface area contributed by atoms with Gasteiger partial charge in [-0.2, -0.15) is 0 Å². The largest absolute Gasteiger partial charge is 0.402 e. The van der Waals surface area contributed by atoms with Crippen LogP contribution in [0.2, 0.25) is 0 Å². The summed E-state index contributed by atoms with van der Waals surface area (Å²) in [5, 5.41) is 0. The Kier molecular flexibility index (Phi) is 6.29. The molecule has 0 spiro atoms. The molecule has 0 amide bonds. The van der Waals surface area contributed by atoms with Gasteiger partial charge in [-0.15, -0.1) is 0 Å². The van der Waals surface area contributed by atoms with Crippen molar-refractivity contribution in [1.82, 2.24) is 0 Å². The van der Waals surface area contributed by atoms with Crippen LogP contribution in [0.15, 0.2) is 23.9 Å². The minimum Gasteiger partial charge on any atom is -0.402 e. The molecule has 0 unspecified atom stereocenters. The predicted octanol–water partition coefficient (Wildman–Crippen LogP) is 2.09. The molecule has 0 rings (SSSR count). The lowest BCUT2D eigenvalue weighted by Crippen LogP contribution is -2.22. The van der Waals surface area contributed by atoms with Crippen LogP contribution in [0, 0.1) is 5.41 Å². The maximum atomic E-state index is 5.61. The number of rotatable bonds is 7. The molecule has 2 N–H and O–H groups in total. The van der Waals surface area contributed by atoms with Crippen molar-refractivity contribution in [2.24, 2.45) is 11.1 Å². The van der Waals surface area contributed by atoms with Gasteiger partial charge in [0.05, 0.1) is 19.8 Å². The van der Waals surface area contributed by atoms with E-state index in [-0.39, 0.29) is 5.41 Å². The Balaban J connectivity index is 4.05. The molecule has 88 valence electrons. The van der Waals surface area contributed by atoms with E-state index in [1.54, 1.807) is 7.11 Å². The SMILES string of the molecule is C=C(/C=C(\C)N)C(C)(C)COCCOC. The van der Waals surface area contributed by atoms with Crippen molar-refractivity contribution in [3.63, 3.8) is 0 Å². The van der Waals surface area contributed by atoms with Crippen molar-refractivity contribution >= 4 is 0 Å². The molecule has 3 heteroatoms. The van der Waals surface area contributed by atoms with Crippen LogP contribution in [0.1, 0.15) is 20.8 Å². The van der Waals surface area contributed by atoms with Gasteiger partial charge >= 0.3 is 0 Å². The van der Waals surface area contributed by atoms with Crippen LogP contribution in [0.3, 0.4) is 0 Å². The standard InChI is InChI=1S/C12H23NO2/c1-10(8-11(2)13)12(3,4)9-15-7-6-14-5/h8H,1,6-7,9,13H2,2-5H3/b11-8+. The summed E-state index contributed by atoms with van der Waals surface area (Å²) < 4.78 is 10.4. The van der Waals surface area contributed by atoms with Crippen LogP contribution < -0.4 is 5.73 Å². The fraction of sp³-hybridized carbons (Fsp3) is 0.667. The highest BCUT2D eigenvalue weighted by atomic mass is 16.5. The molecule has 0 aromatic rings. The quantitative estimate of drug-likeness (QED) is 0.520. The van der Waals surface area contributed by atoms with Crippen molar-refractivity contribution in [2.75, 3.05) is 26.9 Å². The number of nitrogens with two attached hydrogens (primary N) is 1. The van der Waals surface area contributed by atoms with Crippen LogP contribution in [-0.4, -0.2) is 26.9 Å². The summed E-state index contributed by atoms with van der Waals surface area (Å²) >= 11 is 0. The van der Waals surface area contributed by atoms with Crippen molar-refractivity contribution in [3.05, 3.63) is 23.9 Å². The van der Waals surface area contributed by atoms with Gasteiger partial charge in [0, 0.05) is 18.2 Å². The maximum absolute atomic E-state index is 5.61. The van der Waals surface area contributed by atoms with E-state index in [1.807, 2.05) is 13.0 Å². The van der Waals surface area contributed by atoms with Gasteiger partial charge in [0.2, 0.25) is 0 Å². The molecule has 0 aromatic carbocycles. The predicted molar refractivity (Wildman–Crippen MR) is 63.6 cm³/mol. The number of hydrogen-bond acceptors (Lipinski definition) is 3. The third-order valence-electron chi connectivity index (χ3n) is 2.17. The Labute approximate surface area is 92.9 Å². The average molecular weight is 213 g/mol. The Morgan fingerprint density at radius 2 is 2.00 bits per heavy atom. The molecule has 0 aromatic heterocycles. The second-order valence-corrected chi connectivity index (χ2v) is 4.34. The first-order valence-electron chi connectivity index (χ1n) is 5.10. The van der Waals surface area contributed by atoms with Gasteiger partial charge in [-0.25, -0.2) is 0 Å². The molecular weight excluding hydrogens is 190 g/mol. The zero-order valence-corrected chi connectivity index (χ0v) is 10.3. The van der Waals surface area contributed by atoms with Gasteiger partial charge in [0.25, 0.3) is 0 Å². The molecule has 0 bridgehead atoms. The zero-order chi connectivity index (χ0) is 11.9. The van der Waals surface area contributed by atoms with Crippen molar-refractivity contribution in [3.8, 4) is 0 Å². The number of hydrogen-bond donors (Lipinski definition) is 1. The van der Waals surface area contributed by atoms with E-state index >= 15 is 0 Å². The van der Waals surface area contributed by atoms with E-state index in [0.717, 1.165) is 11.3 Å². The summed E-state index contributed by atoms with van der Waals surface area (Å²) in [5.74, 6) is 0. The average Bonchev–Trinajstić information content (AvgIpc) is 2.11. The fourth-order valence-corrected chi connectivity index (χ4v) is 1.03. The van der Waals surface area contributed by atoms with E-state index in [0.29, 0.717) is 19.8 Å². The minimum absolute atomic E-state index is 0.0889. The van der Waals surface area contributed by atoms with Crippen molar-refractivity contribution < 1.29 is 9.47 Å². The topological polar surface area (TPSA) is 44.5 Å². The Morgan fingerprint density at radius 1 is 1.40 bits per heavy atom. The van der Waals surface area contributed by atoms with Crippen LogP contribution in [0.5, 0.6) is 0 Å². The molecule has 0 radical (unpaired) electrons. The summed E-state index contributed by atoms with van der Waals surface area (Å²) in [4.78, 5) is 0. The molecule has 0 atom stereocenters. The summed E-state index contributed by atoms with van der Waals surface area (Å²) in [7, 11) is 1.66. The molecule has 0 heterocycles. The second kappa shape index (κ2) is 6.64. The highest BCUT2D eigenvalue weighted by Crippen LogP contribution is 2.26.